The van der Waals surface area contributed by atoms with E-state index in [-0.39, 0.29) is 18.0 Å². The van der Waals surface area contributed by atoms with E-state index in [0.29, 0.717) is 19.5 Å². The highest BCUT2D eigenvalue weighted by Gasteiger charge is 2.32. The lowest BCUT2D eigenvalue weighted by Gasteiger charge is -2.23. The Bertz CT molecular complexity index is 542. The second kappa shape index (κ2) is 7.99. The van der Waals surface area contributed by atoms with Crippen molar-refractivity contribution in [1.82, 2.24) is 10.2 Å². The first-order valence-corrected chi connectivity index (χ1v) is 8.47. The largest absolute Gasteiger partial charge is 0.333 e. The van der Waals surface area contributed by atoms with Crippen LogP contribution < -0.4 is 10.2 Å². The Kier molecular flexibility index (Phi) is 6.02. The molecule has 1 N–H and O–H groups in total. The van der Waals surface area contributed by atoms with Gasteiger partial charge in [-0.15, -0.1) is 0 Å². The Labute approximate surface area is 138 Å². The molecule has 1 aliphatic rings. The summed E-state index contributed by atoms with van der Waals surface area (Å²) in [7, 11) is 0. The number of amides is 3. The molecule has 1 saturated heterocycles. The van der Waals surface area contributed by atoms with Gasteiger partial charge in [0.1, 0.15) is 0 Å². The van der Waals surface area contributed by atoms with Crippen molar-refractivity contribution in [2.45, 2.75) is 46.1 Å². The predicted molar refractivity (Wildman–Crippen MR) is 92.6 cm³/mol. The van der Waals surface area contributed by atoms with Gasteiger partial charge < -0.3 is 15.1 Å². The highest BCUT2D eigenvalue weighted by molar-refractivity contribution is 5.96. The molecule has 3 amide bonds. The quantitative estimate of drug-likeness (QED) is 0.877. The van der Waals surface area contributed by atoms with Gasteiger partial charge in [0.05, 0.1) is 6.04 Å². The molecular weight excluding hydrogens is 290 g/mol. The van der Waals surface area contributed by atoms with E-state index in [1.165, 1.54) is 5.56 Å². The van der Waals surface area contributed by atoms with Gasteiger partial charge in [0.25, 0.3) is 0 Å². The lowest BCUT2D eigenvalue weighted by Crippen LogP contribution is -2.46. The van der Waals surface area contributed by atoms with Crippen LogP contribution in [0, 0.1) is 6.92 Å². The van der Waals surface area contributed by atoms with E-state index in [4.69, 9.17) is 0 Å². The van der Waals surface area contributed by atoms with Gasteiger partial charge in [-0.05, 0) is 32.4 Å². The van der Waals surface area contributed by atoms with E-state index in [9.17, 15) is 9.59 Å². The average Bonchev–Trinajstić information content (AvgIpc) is 2.89. The van der Waals surface area contributed by atoms with Gasteiger partial charge in [0, 0.05) is 31.7 Å². The molecular formula is C18H27N3O2. The van der Waals surface area contributed by atoms with Crippen molar-refractivity contribution in [1.29, 1.82) is 0 Å². The molecule has 1 fully saturated rings. The van der Waals surface area contributed by atoms with E-state index >= 15 is 0 Å². The first-order chi connectivity index (χ1) is 11.0. The first kappa shape index (κ1) is 17.3. The Morgan fingerprint density at radius 3 is 2.61 bits per heavy atom. The highest BCUT2D eigenvalue weighted by Crippen LogP contribution is 2.22. The molecule has 5 nitrogen and oxygen atoms in total. The van der Waals surface area contributed by atoms with E-state index in [0.717, 1.165) is 25.1 Å². The molecule has 0 aliphatic carbocycles. The first-order valence-electron chi connectivity index (χ1n) is 8.47. The van der Waals surface area contributed by atoms with Crippen molar-refractivity contribution in [2.75, 3.05) is 24.5 Å². The summed E-state index contributed by atoms with van der Waals surface area (Å²) in [5.41, 5.74) is 2.07. The summed E-state index contributed by atoms with van der Waals surface area (Å²) < 4.78 is 0. The monoisotopic (exact) mass is 317 g/mol. The van der Waals surface area contributed by atoms with E-state index in [2.05, 4.69) is 12.2 Å². The molecule has 1 atom stereocenters. The normalized spacial score (nSPS) is 17.4. The van der Waals surface area contributed by atoms with Crippen molar-refractivity contribution in [3.05, 3.63) is 29.8 Å². The zero-order chi connectivity index (χ0) is 16.8. The molecule has 0 aromatic heterocycles. The van der Waals surface area contributed by atoms with Crippen LogP contribution in [0.1, 0.15) is 38.7 Å². The summed E-state index contributed by atoms with van der Waals surface area (Å²) in [5, 5.41) is 3.00. The van der Waals surface area contributed by atoms with Crippen LogP contribution in [0.4, 0.5) is 10.5 Å². The van der Waals surface area contributed by atoms with Gasteiger partial charge in [-0.3, -0.25) is 4.79 Å². The number of hydrogen-bond acceptors (Lipinski definition) is 2. The molecule has 0 saturated carbocycles. The van der Waals surface area contributed by atoms with E-state index in [1.807, 2.05) is 43.0 Å². The van der Waals surface area contributed by atoms with Gasteiger partial charge in [0.15, 0.2) is 0 Å². The molecule has 2 rings (SSSR count). The number of urea groups is 1. The van der Waals surface area contributed by atoms with Crippen LogP contribution in [0.25, 0.3) is 0 Å². The summed E-state index contributed by atoms with van der Waals surface area (Å²) in [6, 6.07) is 7.72. The molecule has 0 radical (unpaired) electrons. The van der Waals surface area contributed by atoms with Gasteiger partial charge in [-0.25, -0.2) is 4.79 Å². The Morgan fingerprint density at radius 2 is 2.00 bits per heavy atom. The number of benzene rings is 1. The lowest BCUT2D eigenvalue weighted by atomic mass is 10.2. The van der Waals surface area contributed by atoms with Crippen molar-refractivity contribution < 1.29 is 9.59 Å². The maximum atomic E-state index is 12.3. The van der Waals surface area contributed by atoms with Crippen LogP contribution in [0.3, 0.4) is 0 Å². The summed E-state index contributed by atoms with van der Waals surface area (Å²) in [4.78, 5) is 28.1. The number of anilines is 1. The molecule has 0 spiro atoms. The molecule has 5 heteroatoms. The number of nitrogens with one attached hydrogen (secondary N) is 1. The minimum atomic E-state index is -0.119. The van der Waals surface area contributed by atoms with E-state index in [1.54, 1.807) is 4.90 Å². The third-order valence-corrected chi connectivity index (χ3v) is 4.25. The van der Waals surface area contributed by atoms with Crippen molar-refractivity contribution >= 4 is 17.6 Å². The van der Waals surface area contributed by atoms with Gasteiger partial charge >= 0.3 is 6.03 Å². The van der Waals surface area contributed by atoms with Gasteiger partial charge in [-0.2, -0.15) is 0 Å². The minimum Gasteiger partial charge on any atom is -0.333 e. The maximum absolute atomic E-state index is 12.3. The summed E-state index contributed by atoms with van der Waals surface area (Å²) in [5.74, 6) is 0.0655. The van der Waals surface area contributed by atoms with Crippen LogP contribution >= 0.6 is 0 Å². The maximum Gasteiger partial charge on any atom is 0.317 e. The van der Waals surface area contributed by atoms with E-state index < -0.39 is 0 Å². The number of nitrogens with zero attached hydrogens (tertiary/aromatic N) is 2. The molecule has 1 aliphatic heterocycles. The predicted octanol–water partition coefficient (Wildman–Crippen LogP) is 2.93. The smallest absolute Gasteiger partial charge is 0.317 e. The summed E-state index contributed by atoms with van der Waals surface area (Å²) in [6.45, 7) is 8.11. The molecule has 1 heterocycles. The van der Waals surface area contributed by atoms with Crippen molar-refractivity contribution in [2.24, 2.45) is 0 Å². The fourth-order valence-electron chi connectivity index (χ4n) is 2.80. The number of hydrogen-bond donors (Lipinski definition) is 1. The van der Waals surface area contributed by atoms with Crippen LogP contribution in [0.15, 0.2) is 24.3 Å². The number of carbonyl (C=O) groups excluding carboxylic acids is 2. The van der Waals surface area contributed by atoms with Crippen LogP contribution in [-0.2, 0) is 4.79 Å². The number of carbonyl (C=O) groups is 2. The Morgan fingerprint density at radius 1 is 1.30 bits per heavy atom. The number of unbranched alkanes of at least 4 members (excludes halogenated alkanes) is 1. The van der Waals surface area contributed by atoms with Crippen molar-refractivity contribution in [3.63, 3.8) is 0 Å². The summed E-state index contributed by atoms with van der Waals surface area (Å²) in [6.07, 6.45) is 2.43. The Hall–Kier alpha value is -2.04. The average molecular weight is 317 g/mol. The third-order valence-electron chi connectivity index (χ3n) is 4.25. The molecule has 0 bridgehead atoms. The van der Waals surface area contributed by atoms with Gasteiger partial charge in [-0.1, -0.05) is 31.0 Å². The molecule has 1 aromatic rings. The number of rotatable bonds is 6. The topological polar surface area (TPSA) is 52.7 Å². The fraction of sp³-hybridized carbons (Fsp3) is 0.556. The second-order valence-electron chi connectivity index (χ2n) is 6.12. The second-order valence-corrected chi connectivity index (χ2v) is 6.12. The van der Waals surface area contributed by atoms with Crippen LogP contribution in [0.5, 0.6) is 0 Å². The zero-order valence-corrected chi connectivity index (χ0v) is 14.3. The molecule has 0 unspecified atom stereocenters. The standard InChI is InChI=1S/C18H27N3O2/c1-4-6-11-20(5-2)18(23)19-15-12-17(22)21(13-15)16-9-7-14(3)8-10-16/h7-10,15H,4-6,11-13H2,1-3H3,(H,19,23)/t15-/m1/s1. The molecule has 23 heavy (non-hydrogen) atoms. The van der Waals surface area contributed by atoms with Crippen molar-refractivity contribution in [3.8, 4) is 0 Å². The Balaban J connectivity index is 1.94. The molecule has 1 aromatic carbocycles. The number of aryl methyl sites for hydroxylation is 1. The molecule has 126 valence electrons. The van der Waals surface area contributed by atoms with Crippen LogP contribution in [-0.4, -0.2) is 42.5 Å². The van der Waals surface area contributed by atoms with Gasteiger partial charge in [0.2, 0.25) is 5.91 Å². The lowest BCUT2D eigenvalue weighted by molar-refractivity contribution is -0.117. The third kappa shape index (κ3) is 4.47. The SMILES string of the molecule is CCCCN(CC)C(=O)N[C@@H]1CC(=O)N(c2ccc(C)cc2)C1. The summed E-state index contributed by atoms with van der Waals surface area (Å²) >= 11 is 0. The zero-order valence-electron chi connectivity index (χ0n) is 14.3. The highest BCUT2D eigenvalue weighted by atomic mass is 16.2. The van der Waals surface area contributed by atoms with Crippen LogP contribution in [0.2, 0.25) is 0 Å². The minimum absolute atomic E-state index is 0.0653. The fourth-order valence-corrected chi connectivity index (χ4v) is 2.80.